The summed E-state index contributed by atoms with van der Waals surface area (Å²) in [6, 6.07) is 15.2. The van der Waals surface area contributed by atoms with Gasteiger partial charge in [0.1, 0.15) is 18.0 Å². The molecule has 1 saturated heterocycles. The normalized spacial score (nSPS) is 19.9. The Bertz CT molecular complexity index is 631. The number of carbonyl (C=O) groups excluding carboxylic acids is 1. The standard InChI is InChI=1S/C17H16O4/c1-19-14-9-7-12(8-10-14)16-15(21-16)11-3-5-13(6-4-11)17(18)20-2/h3-10,15-16H,1-2H3/t15-,16-/m1/s1. The lowest BCUT2D eigenvalue weighted by Crippen LogP contribution is -2.00. The summed E-state index contributed by atoms with van der Waals surface area (Å²) in [6.45, 7) is 0. The Balaban J connectivity index is 1.70. The van der Waals surface area contributed by atoms with Crippen LogP contribution in [0.25, 0.3) is 0 Å². The quantitative estimate of drug-likeness (QED) is 0.638. The molecular formula is C17H16O4. The van der Waals surface area contributed by atoms with Crippen molar-refractivity contribution in [3.63, 3.8) is 0 Å². The maximum absolute atomic E-state index is 11.4. The maximum Gasteiger partial charge on any atom is 0.337 e. The number of ether oxygens (including phenoxy) is 3. The van der Waals surface area contributed by atoms with E-state index in [-0.39, 0.29) is 18.2 Å². The molecule has 0 radical (unpaired) electrons. The van der Waals surface area contributed by atoms with Gasteiger partial charge in [0.05, 0.1) is 19.8 Å². The molecule has 0 aromatic heterocycles. The fraction of sp³-hybridized carbons (Fsp3) is 0.235. The van der Waals surface area contributed by atoms with Gasteiger partial charge in [0, 0.05) is 0 Å². The second-order valence-electron chi connectivity index (χ2n) is 4.86. The minimum Gasteiger partial charge on any atom is -0.497 e. The van der Waals surface area contributed by atoms with E-state index in [0.717, 1.165) is 16.9 Å². The van der Waals surface area contributed by atoms with Crippen molar-refractivity contribution >= 4 is 5.97 Å². The third-order valence-electron chi connectivity index (χ3n) is 3.60. The smallest absolute Gasteiger partial charge is 0.337 e. The predicted octanol–water partition coefficient (Wildman–Crippen LogP) is 3.29. The molecule has 108 valence electrons. The molecule has 4 nitrogen and oxygen atoms in total. The van der Waals surface area contributed by atoms with Gasteiger partial charge < -0.3 is 14.2 Å². The number of epoxide rings is 1. The van der Waals surface area contributed by atoms with Crippen molar-refractivity contribution in [2.75, 3.05) is 14.2 Å². The molecule has 2 atom stereocenters. The molecule has 0 saturated carbocycles. The third-order valence-corrected chi connectivity index (χ3v) is 3.60. The van der Waals surface area contributed by atoms with Crippen LogP contribution in [0.1, 0.15) is 33.7 Å². The van der Waals surface area contributed by atoms with Gasteiger partial charge in [-0.2, -0.15) is 0 Å². The van der Waals surface area contributed by atoms with Crippen molar-refractivity contribution in [3.8, 4) is 5.75 Å². The first-order valence-corrected chi connectivity index (χ1v) is 6.70. The fourth-order valence-electron chi connectivity index (χ4n) is 2.34. The van der Waals surface area contributed by atoms with Crippen molar-refractivity contribution in [2.45, 2.75) is 12.2 Å². The summed E-state index contributed by atoms with van der Waals surface area (Å²) in [7, 11) is 3.02. The molecule has 1 aliphatic heterocycles. The van der Waals surface area contributed by atoms with E-state index in [1.807, 2.05) is 36.4 Å². The average Bonchev–Trinajstić information content (AvgIpc) is 3.35. The molecule has 0 bridgehead atoms. The summed E-state index contributed by atoms with van der Waals surface area (Å²) in [5, 5.41) is 0. The Morgan fingerprint density at radius 2 is 1.43 bits per heavy atom. The fourth-order valence-corrected chi connectivity index (χ4v) is 2.34. The molecule has 0 aliphatic carbocycles. The minimum atomic E-state index is -0.329. The van der Waals surface area contributed by atoms with Crippen molar-refractivity contribution < 1.29 is 19.0 Å². The number of hydrogen-bond donors (Lipinski definition) is 0. The van der Waals surface area contributed by atoms with Crippen LogP contribution < -0.4 is 4.74 Å². The number of carbonyl (C=O) groups is 1. The lowest BCUT2D eigenvalue weighted by molar-refractivity contribution is 0.0600. The lowest BCUT2D eigenvalue weighted by Gasteiger charge is -2.02. The van der Waals surface area contributed by atoms with Crippen LogP contribution in [0.4, 0.5) is 0 Å². The Morgan fingerprint density at radius 3 is 1.90 bits per heavy atom. The largest absolute Gasteiger partial charge is 0.497 e. The monoisotopic (exact) mass is 284 g/mol. The van der Waals surface area contributed by atoms with E-state index in [4.69, 9.17) is 9.47 Å². The highest BCUT2D eigenvalue weighted by Crippen LogP contribution is 2.51. The summed E-state index contributed by atoms with van der Waals surface area (Å²) < 4.78 is 15.6. The second kappa shape index (κ2) is 5.58. The highest BCUT2D eigenvalue weighted by Gasteiger charge is 2.41. The van der Waals surface area contributed by atoms with Gasteiger partial charge >= 0.3 is 5.97 Å². The predicted molar refractivity (Wildman–Crippen MR) is 77.3 cm³/mol. The molecule has 0 spiro atoms. The van der Waals surface area contributed by atoms with E-state index in [9.17, 15) is 4.79 Å². The van der Waals surface area contributed by atoms with Crippen molar-refractivity contribution in [2.24, 2.45) is 0 Å². The molecule has 1 aliphatic rings. The Labute approximate surface area is 123 Å². The van der Waals surface area contributed by atoms with E-state index < -0.39 is 0 Å². The van der Waals surface area contributed by atoms with Crippen LogP contribution in [0.2, 0.25) is 0 Å². The Hall–Kier alpha value is -2.33. The van der Waals surface area contributed by atoms with Gasteiger partial charge in [0.25, 0.3) is 0 Å². The first-order chi connectivity index (χ1) is 10.2. The van der Waals surface area contributed by atoms with Gasteiger partial charge in [-0.1, -0.05) is 24.3 Å². The zero-order valence-electron chi connectivity index (χ0n) is 11.9. The Kier molecular flexibility index (Phi) is 3.62. The van der Waals surface area contributed by atoms with Crippen molar-refractivity contribution in [3.05, 3.63) is 65.2 Å². The van der Waals surface area contributed by atoms with Crippen LogP contribution in [0, 0.1) is 0 Å². The lowest BCUT2D eigenvalue weighted by atomic mass is 10.0. The van der Waals surface area contributed by atoms with Crippen molar-refractivity contribution in [1.29, 1.82) is 0 Å². The van der Waals surface area contributed by atoms with E-state index in [0.29, 0.717) is 5.56 Å². The SMILES string of the molecule is COC(=O)c1ccc([C@H]2O[C@@H]2c2ccc(OC)cc2)cc1. The van der Waals surface area contributed by atoms with Gasteiger partial charge in [0.2, 0.25) is 0 Å². The zero-order valence-corrected chi connectivity index (χ0v) is 11.9. The zero-order chi connectivity index (χ0) is 14.8. The first kappa shape index (κ1) is 13.6. The molecule has 1 fully saturated rings. The highest BCUT2D eigenvalue weighted by atomic mass is 16.6. The number of benzene rings is 2. The van der Waals surface area contributed by atoms with Crippen LogP contribution in [0.15, 0.2) is 48.5 Å². The molecule has 2 aromatic rings. The molecule has 0 unspecified atom stereocenters. The summed E-state index contributed by atoms with van der Waals surface area (Å²) in [5.41, 5.74) is 2.73. The van der Waals surface area contributed by atoms with E-state index in [1.165, 1.54) is 7.11 Å². The number of hydrogen-bond acceptors (Lipinski definition) is 4. The van der Waals surface area contributed by atoms with Crippen LogP contribution in [-0.4, -0.2) is 20.2 Å². The molecular weight excluding hydrogens is 268 g/mol. The van der Waals surface area contributed by atoms with Gasteiger partial charge in [-0.05, 0) is 35.4 Å². The summed E-state index contributed by atoms with van der Waals surface area (Å²) in [4.78, 5) is 11.4. The van der Waals surface area contributed by atoms with Crippen LogP contribution in [-0.2, 0) is 9.47 Å². The van der Waals surface area contributed by atoms with E-state index in [2.05, 4.69) is 4.74 Å². The van der Waals surface area contributed by atoms with Crippen LogP contribution in [0.3, 0.4) is 0 Å². The average molecular weight is 284 g/mol. The van der Waals surface area contributed by atoms with E-state index in [1.54, 1.807) is 19.2 Å². The molecule has 4 heteroatoms. The summed E-state index contributed by atoms with van der Waals surface area (Å²) >= 11 is 0. The first-order valence-electron chi connectivity index (χ1n) is 6.70. The molecule has 1 heterocycles. The van der Waals surface area contributed by atoms with Gasteiger partial charge in [-0.15, -0.1) is 0 Å². The Morgan fingerprint density at radius 1 is 0.905 bits per heavy atom. The second-order valence-corrected chi connectivity index (χ2v) is 4.86. The van der Waals surface area contributed by atoms with Gasteiger partial charge in [-0.3, -0.25) is 0 Å². The number of methoxy groups -OCH3 is 2. The van der Waals surface area contributed by atoms with Gasteiger partial charge in [0.15, 0.2) is 0 Å². The maximum atomic E-state index is 11.4. The van der Waals surface area contributed by atoms with Crippen LogP contribution in [0.5, 0.6) is 5.75 Å². The topological polar surface area (TPSA) is 48.1 Å². The van der Waals surface area contributed by atoms with Crippen molar-refractivity contribution in [1.82, 2.24) is 0 Å². The minimum absolute atomic E-state index is 0.0464. The molecule has 0 amide bonds. The third kappa shape index (κ3) is 2.76. The molecule has 21 heavy (non-hydrogen) atoms. The molecule has 3 rings (SSSR count). The number of rotatable bonds is 4. The van der Waals surface area contributed by atoms with E-state index >= 15 is 0 Å². The van der Waals surface area contributed by atoms with Crippen LogP contribution >= 0.6 is 0 Å². The number of esters is 1. The molecule has 2 aromatic carbocycles. The molecule has 0 N–H and O–H groups in total. The summed E-state index contributed by atoms with van der Waals surface area (Å²) in [6.07, 6.45) is 0.116. The van der Waals surface area contributed by atoms with Gasteiger partial charge in [-0.25, -0.2) is 4.79 Å². The summed E-state index contributed by atoms with van der Waals surface area (Å²) in [5.74, 6) is 0.503. The highest BCUT2D eigenvalue weighted by molar-refractivity contribution is 5.89.